The van der Waals surface area contributed by atoms with Gasteiger partial charge in [-0.15, -0.1) is 10.2 Å². The average Bonchev–Trinajstić information content (AvgIpc) is 3.16. The summed E-state index contributed by atoms with van der Waals surface area (Å²) >= 11 is 7.20. The third-order valence-corrected chi connectivity index (χ3v) is 5.89. The highest BCUT2D eigenvalue weighted by Gasteiger charge is 2.35. The first-order chi connectivity index (χ1) is 14.4. The molecular formula is C21H17ClN4O3S. The van der Waals surface area contributed by atoms with Crippen molar-refractivity contribution >= 4 is 40.8 Å². The van der Waals surface area contributed by atoms with E-state index in [9.17, 15) is 9.59 Å². The van der Waals surface area contributed by atoms with Crippen LogP contribution >= 0.6 is 23.4 Å². The van der Waals surface area contributed by atoms with Crippen LogP contribution in [-0.2, 0) is 9.59 Å². The number of aromatic nitrogens is 3. The number of allylic oxidation sites excluding steroid dienone is 1. The number of amides is 1. The molecule has 0 saturated heterocycles. The summed E-state index contributed by atoms with van der Waals surface area (Å²) in [6.45, 7) is 2.91. The van der Waals surface area contributed by atoms with E-state index in [1.165, 1.54) is 30.6 Å². The highest BCUT2D eigenvalue weighted by molar-refractivity contribution is 8.04. The zero-order valence-electron chi connectivity index (χ0n) is 16.4. The smallest absolute Gasteiger partial charge is 0.243 e. The SMILES string of the molecule is COc1ccc(C2=C(C(C)=O)Sc3nnc(-c4ccc(Cl)cc4)n3N2C(C)=O)cc1. The van der Waals surface area contributed by atoms with Crippen molar-refractivity contribution in [2.24, 2.45) is 0 Å². The Hall–Kier alpha value is -3.10. The summed E-state index contributed by atoms with van der Waals surface area (Å²) in [4.78, 5) is 25.7. The molecule has 1 aromatic heterocycles. The maximum Gasteiger partial charge on any atom is 0.243 e. The summed E-state index contributed by atoms with van der Waals surface area (Å²) < 4.78 is 6.86. The Balaban J connectivity index is 1.93. The molecule has 30 heavy (non-hydrogen) atoms. The molecule has 0 bridgehead atoms. The highest BCUT2D eigenvalue weighted by atomic mass is 35.5. The van der Waals surface area contributed by atoms with Crippen LogP contribution < -0.4 is 9.75 Å². The maximum absolute atomic E-state index is 12.8. The molecule has 0 saturated carbocycles. The number of ketones is 1. The van der Waals surface area contributed by atoms with E-state index in [0.29, 0.717) is 37.9 Å². The van der Waals surface area contributed by atoms with Gasteiger partial charge < -0.3 is 4.74 Å². The summed E-state index contributed by atoms with van der Waals surface area (Å²) in [5.74, 6) is 0.696. The molecule has 2 aromatic carbocycles. The van der Waals surface area contributed by atoms with Gasteiger partial charge in [-0.3, -0.25) is 9.59 Å². The second-order valence-electron chi connectivity index (χ2n) is 6.52. The number of Topliss-reactive ketones (excluding diaryl/α,β-unsaturated/α-hetero) is 1. The molecule has 9 heteroatoms. The lowest BCUT2D eigenvalue weighted by atomic mass is 10.1. The highest BCUT2D eigenvalue weighted by Crippen LogP contribution is 2.41. The molecule has 0 radical (unpaired) electrons. The molecule has 0 N–H and O–H groups in total. The average molecular weight is 441 g/mol. The number of thioether (sulfide) groups is 1. The van der Waals surface area contributed by atoms with Crippen molar-refractivity contribution < 1.29 is 14.3 Å². The van der Waals surface area contributed by atoms with Crippen LogP contribution in [0, 0.1) is 0 Å². The van der Waals surface area contributed by atoms with E-state index >= 15 is 0 Å². The first kappa shape index (κ1) is 20.2. The summed E-state index contributed by atoms with van der Waals surface area (Å²) in [6.07, 6.45) is 0. The van der Waals surface area contributed by atoms with Crippen molar-refractivity contribution in [1.82, 2.24) is 14.9 Å². The van der Waals surface area contributed by atoms with Crippen LogP contribution in [-0.4, -0.2) is 33.7 Å². The van der Waals surface area contributed by atoms with E-state index in [4.69, 9.17) is 16.3 Å². The number of benzene rings is 2. The van der Waals surface area contributed by atoms with E-state index in [-0.39, 0.29) is 11.7 Å². The van der Waals surface area contributed by atoms with Crippen molar-refractivity contribution in [2.45, 2.75) is 19.0 Å². The van der Waals surface area contributed by atoms with Crippen LogP contribution in [0.15, 0.2) is 58.6 Å². The fourth-order valence-electron chi connectivity index (χ4n) is 3.16. The normalized spacial score (nSPS) is 13.3. The molecule has 7 nitrogen and oxygen atoms in total. The fraction of sp³-hybridized carbons (Fsp3) is 0.143. The molecule has 1 aliphatic heterocycles. The van der Waals surface area contributed by atoms with Gasteiger partial charge >= 0.3 is 0 Å². The molecule has 1 amide bonds. The molecular weight excluding hydrogens is 424 g/mol. The van der Waals surface area contributed by atoms with Gasteiger partial charge in [0.15, 0.2) is 11.6 Å². The standard InChI is InChI=1S/C21H17ClN4O3S/c1-12(27)19-18(14-6-10-17(29-3)11-7-14)25(13(2)28)26-20(23-24-21(26)30-19)15-4-8-16(22)9-5-15/h4-11H,1-3H3. The molecule has 0 unspecified atom stereocenters. The summed E-state index contributed by atoms with van der Waals surface area (Å²) in [5, 5.41) is 11.0. The number of hydrogen-bond donors (Lipinski definition) is 0. The fourth-order valence-corrected chi connectivity index (χ4v) is 4.25. The first-order valence-electron chi connectivity index (χ1n) is 9.00. The van der Waals surface area contributed by atoms with Crippen LogP contribution in [0.25, 0.3) is 17.1 Å². The van der Waals surface area contributed by atoms with E-state index < -0.39 is 0 Å². The monoisotopic (exact) mass is 440 g/mol. The number of fused-ring (bicyclic) bond motifs is 1. The summed E-state index contributed by atoms with van der Waals surface area (Å²) in [6, 6.07) is 14.3. The Morgan fingerprint density at radius 1 is 0.967 bits per heavy atom. The van der Waals surface area contributed by atoms with Crippen LogP contribution in [0.5, 0.6) is 5.75 Å². The van der Waals surface area contributed by atoms with Crippen LogP contribution in [0.3, 0.4) is 0 Å². The minimum Gasteiger partial charge on any atom is -0.497 e. The van der Waals surface area contributed by atoms with Crippen molar-refractivity contribution in [1.29, 1.82) is 0 Å². The second-order valence-corrected chi connectivity index (χ2v) is 7.93. The molecule has 0 fully saturated rings. The van der Waals surface area contributed by atoms with Gasteiger partial charge in [0.25, 0.3) is 0 Å². The minimum atomic E-state index is -0.281. The number of halogens is 1. The first-order valence-corrected chi connectivity index (χ1v) is 10.2. The molecule has 4 rings (SSSR count). The van der Waals surface area contributed by atoms with Crippen LogP contribution in [0.1, 0.15) is 19.4 Å². The van der Waals surface area contributed by atoms with Crippen molar-refractivity contribution in [3.05, 3.63) is 64.0 Å². The number of carbonyl (C=O) groups excluding carboxylic acids is 2. The Bertz CT molecular complexity index is 1170. The summed E-state index contributed by atoms with van der Waals surface area (Å²) in [7, 11) is 1.58. The van der Waals surface area contributed by atoms with Gasteiger partial charge in [0.2, 0.25) is 11.1 Å². The predicted molar refractivity (Wildman–Crippen MR) is 116 cm³/mol. The van der Waals surface area contributed by atoms with Gasteiger partial charge in [-0.1, -0.05) is 11.6 Å². The zero-order chi connectivity index (χ0) is 21.4. The van der Waals surface area contributed by atoms with Crippen molar-refractivity contribution in [3.8, 4) is 17.1 Å². The number of rotatable bonds is 4. The molecule has 3 aromatic rings. The third kappa shape index (κ3) is 3.48. The van der Waals surface area contributed by atoms with Gasteiger partial charge in [-0.25, -0.2) is 5.01 Å². The number of ether oxygens (including phenoxy) is 1. The lowest BCUT2D eigenvalue weighted by Crippen LogP contribution is -2.41. The topological polar surface area (TPSA) is 77.3 Å². The van der Waals surface area contributed by atoms with E-state index in [1.54, 1.807) is 48.2 Å². The van der Waals surface area contributed by atoms with E-state index in [0.717, 1.165) is 5.56 Å². The Morgan fingerprint density at radius 2 is 1.60 bits per heavy atom. The minimum absolute atomic E-state index is 0.167. The number of hydrogen-bond acceptors (Lipinski definition) is 6. The van der Waals surface area contributed by atoms with Crippen molar-refractivity contribution in [3.63, 3.8) is 0 Å². The van der Waals surface area contributed by atoms with Gasteiger partial charge in [0.05, 0.1) is 17.7 Å². The predicted octanol–water partition coefficient (Wildman–Crippen LogP) is 4.16. The lowest BCUT2D eigenvalue weighted by Gasteiger charge is -2.32. The lowest BCUT2D eigenvalue weighted by molar-refractivity contribution is -0.117. The number of carbonyl (C=O) groups is 2. The van der Waals surface area contributed by atoms with E-state index in [1.807, 2.05) is 12.1 Å². The quantitative estimate of drug-likeness (QED) is 0.606. The third-order valence-electron chi connectivity index (χ3n) is 4.52. The van der Waals surface area contributed by atoms with Crippen LogP contribution in [0.2, 0.25) is 5.02 Å². The molecule has 0 aliphatic carbocycles. The Kier molecular flexibility index (Phi) is 5.36. The summed E-state index contributed by atoms with van der Waals surface area (Å²) in [5.41, 5.74) is 1.92. The molecule has 152 valence electrons. The molecule has 1 aliphatic rings. The maximum atomic E-state index is 12.8. The van der Waals surface area contributed by atoms with Gasteiger partial charge in [-0.2, -0.15) is 4.68 Å². The largest absolute Gasteiger partial charge is 0.497 e. The Labute approximate surface area is 182 Å². The van der Waals surface area contributed by atoms with Crippen molar-refractivity contribution in [2.75, 3.05) is 12.1 Å². The van der Waals surface area contributed by atoms with Gasteiger partial charge in [0.1, 0.15) is 5.75 Å². The number of methoxy groups -OCH3 is 1. The number of nitrogens with zero attached hydrogens (tertiary/aromatic N) is 4. The van der Waals surface area contributed by atoms with Gasteiger partial charge in [0, 0.05) is 23.1 Å². The second kappa shape index (κ2) is 7.97. The van der Waals surface area contributed by atoms with Gasteiger partial charge in [-0.05, 0) is 67.2 Å². The molecule has 0 spiro atoms. The molecule has 2 heterocycles. The van der Waals surface area contributed by atoms with E-state index in [2.05, 4.69) is 10.2 Å². The van der Waals surface area contributed by atoms with Crippen LogP contribution in [0.4, 0.5) is 0 Å². The Morgan fingerprint density at radius 3 is 2.17 bits per heavy atom. The zero-order valence-corrected chi connectivity index (χ0v) is 18.0. The molecule has 0 atom stereocenters.